The van der Waals surface area contributed by atoms with Crippen molar-refractivity contribution in [3.8, 4) is 0 Å². The third-order valence-electron chi connectivity index (χ3n) is 1.48. The van der Waals surface area contributed by atoms with Gasteiger partial charge < -0.3 is 0 Å². The molecule has 0 atom stereocenters. The summed E-state index contributed by atoms with van der Waals surface area (Å²) >= 11 is 5.54. The van der Waals surface area contributed by atoms with Crippen LogP contribution in [0.15, 0.2) is 4.90 Å². The molecule has 4 nitrogen and oxygen atoms in total. The van der Waals surface area contributed by atoms with Crippen molar-refractivity contribution in [1.82, 2.24) is 9.78 Å². The Bertz CT molecular complexity index is 409. The summed E-state index contributed by atoms with van der Waals surface area (Å²) < 4.78 is 23.2. The first-order valence-electron chi connectivity index (χ1n) is 2.98. The Morgan fingerprint density at radius 3 is 2.17 bits per heavy atom. The number of hydrogen-bond acceptors (Lipinski definition) is 3. The van der Waals surface area contributed by atoms with Crippen molar-refractivity contribution >= 4 is 31.3 Å². The zero-order valence-electron chi connectivity index (χ0n) is 6.38. The topological polar surface area (TPSA) is 52.0 Å². The van der Waals surface area contributed by atoms with Crippen molar-refractivity contribution in [2.75, 3.05) is 0 Å². The molecular weight excluding hydrogens is 223 g/mol. The van der Waals surface area contributed by atoms with E-state index in [1.54, 1.807) is 14.0 Å². The van der Waals surface area contributed by atoms with Gasteiger partial charge in [-0.3, -0.25) is 4.68 Å². The second-order valence-electron chi connectivity index (χ2n) is 2.27. The Balaban J connectivity index is 3.54. The zero-order chi connectivity index (χ0) is 9.52. The van der Waals surface area contributed by atoms with E-state index in [1.165, 1.54) is 4.68 Å². The molecule has 1 rings (SSSR count). The molecule has 0 saturated carbocycles. The highest BCUT2D eigenvalue weighted by Gasteiger charge is 2.22. The van der Waals surface area contributed by atoms with Crippen LogP contribution in [0.4, 0.5) is 0 Å². The molecule has 0 amide bonds. The first-order chi connectivity index (χ1) is 5.34. The predicted molar refractivity (Wildman–Crippen MR) is 46.0 cm³/mol. The molecule has 0 N–H and O–H groups in total. The van der Waals surface area contributed by atoms with Crippen LogP contribution in [-0.4, -0.2) is 18.2 Å². The van der Waals surface area contributed by atoms with Crippen molar-refractivity contribution < 1.29 is 8.42 Å². The summed E-state index contributed by atoms with van der Waals surface area (Å²) in [7, 11) is 2.92. The number of hydrogen-bond donors (Lipinski definition) is 0. The van der Waals surface area contributed by atoms with Crippen molar-refractivity contribution in [2.24, 2.45) is 7.05 Å². The molecule has 0 spiro atoms. The molecule has 1 heterocycles. The molecule has 0 saturated heterocycles. The zero-order valence-corrected chi connectivity index (χ0v) is 8.70. The fourth-order valence-electron chi connectivity index (χ4n) is 0.825. The highest BCUT2D eigenvalue weighted by Crippen LogP contribution is 2.26. The van der Waals surface area contributed by atoms with Gasteiger partial charge in [-0.25, -0.2) is 8.42 Å². The Morgan fingerprint density at radius 2 is 2.00 bits per heavy atom. The smallest absolute Gasteiger partial charge is 0.266 e. The van der Waals surface area contributed by atoms with Crippen LogP contribution in [0, 0.1) is 6.92 Å². The molecule has 0 aromatic carbocycles. The maximum absolute atomic E-state index is 10.9. The van der Waals surface area contributed by atoms with E-state index in [4.69, 9.17) is 22.3 Å². The van der Waals surface area contributed by atoms with Crippen LogP contribution in [0.1, 0.15) is 5.69 Å². The summed E-state index contributed by atoms with van der Waals surface area (Å²) in [5.74, 6) is 0. The van der Waals surface area contributed by atoms with Gasteiger partial charge in [-0.15, -0.1) is 0 Å². The standard InChI is InChI=1S/C5H6Cl2N2O2S/c1-3-4(12(7,10)11)5(6)8-9(3)2/h1-2H3. The summed E-state index contributed by atoms with van der Waals surface area (Å²) in [6.07, 6.45) is 0. The molecule has 0 aliphatic carbocycles. The van der Waals surface area contributed by atoms with Crippen molar-refractivity contribution in [2.45, 2.75) is 11.8 Å². The normalized spacial score (nSPS) is 12.0. The molecule has 0 aliphatic heterocycles. The molecule has 0 fully saturated rings. The van der Waals surface area contributed by atoms with E-state index in [9.17, 15) is 8.42 Å². The lowest BCUT2D eigenvalue weighted by atomic mass is 10.5. The molecule has 0 aliphatic rings. The first kappa shape index (κ1) is 9.83. The van der Waals surface area contributed by atoms with Crippen molar-refractivity contribution in [3.63, 3.8) is 0 Å². The second kappa shape index (κ2) is 2.90. The molecular formula is C5H6Cl2N2O2S. The minimum Gasteiger partial charge on any atom is -0.270 e. The Morgan fingerprint density at radius 1 is 1.50 bits per heavy atom. The largest absolute Gasteiger partial charge is 0.270 e. The van der Waals surface area contributed by atoms with Crippen molar-refractivity contribution in [1.29, 1.82) is 0 Å². The third-order valence-corrected chi connectivity index (χ3v) is 3.30. The summed E-state index contributed by atoms with van der Waals surface area (Å²) in [5.41, 5.74) is 0.426. The van der Waals surface area contributed by atoms with Gasteiger partial charge in [0.2, 0.25) is 0 Å². The van der Waals surface area contributed by atoms with E-state index in [1.807, 2.05) is 0 Å². The van der Waals surface area contributed by atoms with Crippen LogP contribution >= 0.6 is 22.3 Å². The summed E-state index contributed by atoms with van der Waals surface area (Å²) in [6.45, 7) is 1.58. The molecule has 12 heavy (non-hydrogen) atoms. The predicted octanol–water partition coefficient (Wildman–Crippen LogP) is 1.31. The van der Waals surface area contributed by atoms with E-state index in [0.717, 1.165) is 0 Å². The fraction of sp³-hybridized carbons (Fsp3) is 0.400. The highest BCUT2D eigenvalue weighted by molar-refractivity contribution is 8.13. The van der Waals surface area contributed by atoms with Crippen molar-refractivity contribution in [3.05, 3.63) is 10.8 Å². The minimum absolute atomic E-state index is 0.0926. The molecule has 0 radical (unpaired) electrons. The summed E-state index contributed by atoms with van der Waals surface area (Å²) in [6, 6.07) is 0. The monoisotopic (exact) mass is 228 g/mol. The average molecular weight is 229 g/mol. The Kier molecular flexibility index (Phi) is 2.38. The van der Waals surface area contributed by atoms with Gasteiger partial charge in [0.05, 0.1) is 5.69 Å². The highest BCUT2D eigenvalue weighted by atomic mass is 35.7. The lowest BCUT2D eigenvalue weighted by Gasteiger charge is -1.94. The van der Waals surface area contributed by atoms with Gasteiger partial charge in [0.1, 0.15) is 4.90 Å². The minimum atomic E-state index is -3.79. The van der Waals surface area contributed by atoms with E-state index >= 15 is 0 Å². The lowest BCUT2D eigenvalue weighted by Crippen LogP contribution is -1.96. The van der Waals surface area contributed by atoms with Gasteiger partial charge in [-0.05, 0) is 6.92 Å². The van der Waals surface area contributed by atoms with Crippen LogP contribution in [0.25, 0.3) is 0 Å². The maximum Gasteiger partial charge on any atom is 0.266 e. The number of aromatic nitrogens is 2. The van der Waals surface area contributed by atoms with Gasteiger partial charge in [0.15, 0.2) is 5.15 Å². The Hall–Kier alpha value is -0.260. The molecule has 1 aromatic heterocycles. The molecule has 0 unspecified atom stereocenters. The number of rotatable bonds is 1. The quantitative estimate of drug-likeness (QED) is 0.682. The van der Waals surface area contributed by atoms with Crippen LogP contribution < -0.4 is 0 Å². The number of aryl methyl sites for hydroxylation is 1. The molecule has 7 heteroatoms. The molecule has 68 valence electrons. The van der Waals surface area contributed by atoms with Crippen LogP contribution in [-0.2, 0) is 16.1 Å². The number of halogens is 2. The van der Waals surface area contributed by atoms with E-state index in [-0.39, 0.29) is 10.0 Å². The summed E-state index contributed by atoms with van der Waals surface area (Å²) in [4.78, 5) is -0.117. The van der Waals surface area contributed by atoms with Gasteiger partial charge in [-0.2, -0.15) is 5.10 Å². The van der Waals surface area contributed by atoms with E-state index < -0.39 is 9.05 Å². The van der Waals surface area contributed by atoms with Gasteiger partial charge in [-0.1, -0.05) is 11.6 Å². The van der Waals surface area contributed by atoms with Gasteiger partial charge in [0.25, 0.3) is 9.05 Å². The fourth-order valence-corrected chi connectivity index (χ4v) is 2.78. The van der Waals surface area contributed by atoms with Crippen LogP contribution in [0.2, 0.25) is 5.15 Å². The number of nitrogens with zero attached hydrogens (tertiary/aromatic N) is 2. The van der Waals surface area contributed by atoms with Gasteiger partial charge >= 0.3 is 0 Å². The lowest BCUT2D eigenvalue weighted by molar-refractivity contribution is 0.608. The van der Waals surface area contributed by atoms with E-state index in [0.29, 0.717) is 5.69 Å². The SMILES string of the molecule is Cc1c(S(=O)(=O)Cl)c(Cl)nn1C. The molecule has 0 bridgehead atoms. The summed E-state index contributed by atoms with van der Waals surface area (Å²) in [5, 5.41) is 3.60. The van der Waals surface area contributed by atoms with Crippen LogP contribution in [0.5, 0.6) is 0 Å². The third kappa shape index (κ3) is 1.57. The molecule has 1 aromatic rings. The second-order valence-corrected chi connectivity index (χ2v) is 5.13. The average Bonchev–Trinajstić information content (AvgIpc) is 2.05. The first-order valence-corrected chi connectivity index (χ1v) is 5.66. The van der Waals surface area contributed by atoms with E-state index in [2.05, 4.69) is 5.10 Å². The Labute approximate surface area is 79.5 Å². The van der Waals surface area contributed by atoms with Crippen LogP contribution in [0.3, 0.4) is 0 Å². The maximum atomic E-state index is 10.9. The van der Waals surface area contributed by atoms with Gasteiger partial charge in [0, 0.05) is 17.7 Å².